The van der Waals surface area contributed by atoms with E-state index in [0.29, 0.717) is 22.9 Å². The molecule has 2 N–H and O–H groups in total. The average molecular weight is 246 g/mol. The molecule has 2 atom stereocenters. The molecule has 1 fully saturated rings. The van der Waals surface area contributed by atoms with Gasteiger partial charge in [0, 0.05) is 22.4 Å². The van der Waals surface area contributed by atoms with Gasteiger partial charge in [0.25, 0.3) is 0 Å². The van der Waals surface area contributed by atoms with E-state index in [9.17, 15) is 4.39 Å². The van der Waals surface area contributed by atoms with Crippen LogP contribution in [-0.4, -0.2) is 17.5 Å². The van der Waals surface area contributed by atoms with Crippen LogP contribution in [0.15, 0.2) is 18.2 Å². The maximum Gasteiger partial charge on any atom is 0.127 e. The summed E-state index contributed by atoms with van der Waals surface area (Å²) in [6, 6.07) is 4.98. The van der Waals surface area contributed by atoms with E-state index in [0.717, 1.165) is 11.5 Å². The largest absolute Gasteiger partial charge is 0.327 e. The van der Waals surface area contributed by atoms with Gasteiger partial charge in [-0.05, 0) is 30.2 Å². The van der Waals surface area contributed by atoms with Gasteiger partial charge in [-0.3, -0.25) is 0 Å². The van der Waals surface area contributed by atoms with Crippen LogP contribution in [0, 0.1) is 11.7 Å². The predicted octanol–water partition coefficient (Wildman–Crippen LogP) is 2.71. The van der Waals surface area contributed by atoms with Gasteiger partial charge in [0.05, 0.1) is 0 Å². The molecule has 0 radical (unpaired) electrons. The number of nitrogens with two attached hydrogens (primary N) is 1. The van der Waals surface area contributed by atoms with Crippen LogP contribution in [0.2, 0.25) is 5.02 Å². The van der Waals surface area contributed by atoms with E-state index in [1.165, 1.54) is 6.07 Å². The first-order valence-electron chi connectivity index (χ1n) is 4.94. The predicted molar refractivity (Wildman–Crippen MR) is 63.9 cm³/mol. The summed E-state index contributed by atoms with van der Waals surface area (Å²) in [5.41, 5.74) is 6.55. The average Bonchev–Trinajstić information content (AvgIpc) is 2.58. The van der Waals surface area contributed by atoms with Crippen molar-refractivity contribution in [2.24, 2.45) is 11.7 Å². The van der Waals surface area contributed by atoms with Crippen LogP contribution in [0.1, 0.15) is 5.56 Å². The second kappa shape index (κ2) is 4.73. The molecule has 82 valence electrons. The maximum absolute atomic E-state index is 13.5. The van der Waals surface area contributed by atoms with E-state index < -0.39 is 0 Å². The fourth-order valence-electron chi connectivity index (χ4n) is 1.82. The highest BCUT2D eigenvalue weighted by molar-refractivity contribution is 7.99. The lowest BCUT2D eigenvalue weighted by Gasteiger charge is -2.15. The molecular formula is C11H13ClFNS. The molecule has 0 spiro atoms. The lowest BCUT2D eigenvalue weighted by molar-refractivity contribution is 0.498. The van der Waals surface area contributed by atoms with Gasteiger partial charge in [-0.2, -0.15) is 11.8 Å². The van der Waals surface area contributed by atoms with Crippen LogP contribution in [0.5, 0.6) is 0 Å². The van der Waals surface area contributed by atoms with Crippen molar-refractivity contribution in [3.8, 4) is 0 Å². The Morgan fingerprint density at radius 2 is 2.27 bits per heavy atom. The van der Waals surface area contributed by atoms with Crippen LogP contribution >= 0.6 is 23.4 Å². The van der Waals surface area contributed by atoms with E-state index in [-0.39, 0.29) is 11.9 Å². The zero-order chi connectivity index (χ0) is 10.8. The van der Waals surface area contributed by atoms with Gasteiger partial charge in [-0.1, -0.05) is 17.7 Å². The number of benzene rings is 1. The lowest BCUT2D eigenvalue weighted by Crippen LogP contribution is -2.30. The normalized spacial score (nSPS) is 25.8. The first-order chi connectivity index (χ1) is 7.18. The molecule has 0 aliphatic carbocycles. The quantitative estimate of drug-likeness (QED) is 0.867. The summed E-state index contributed by atoms with van der Waals surface area (Å²) < 4.78 is 13.5. The Bertz CT molecular complexity index is 338. The summed E-state index contributed by atoms with van der Waals surface area (Å²) in [5.74, 6) is 2.11. The Labute approximate surface area is 98.2 Å². The van der Waals surface area contributed by atoms with E-state index >= 15 is 0 Å². The van der Waals surface area contributed by atoms with Gasteiger partial charge in [0.1, 0.15) is 5.82 Å². The fourth-order valence-corrected chi connectivity index (χ4v) is 3.40. The molecule has 0 aromatic heterocycles. The third-order valence-corrected chi connectivity index (χ3v) is 4.41. The minimum Gasteiger partial charge on any atom is -0.327 e. The van der Waals surface area contributed by atoms with Crippen LogP contribution < -0.4 is 5.73 Å². The Kier molecular flexibility index (Phi) is 3.54. The SMILES string of the molecule is NC1CSCC1Cc1c(F)cccc1Cl. The fraction of sp³-hybridized carbons (Fsp3) is 0.455. The highest BCUT2D eigenvalue weighted by Gasteiger charge is 2.26. The van der Waals surface area contributed by atoms with Crippen molar-refractivity contribution in [2.75, 3.05) is 11.5 Å². The van der Waals surface area contributed by atoms with E-state index in [2.05, 4.69) is 0 Å². The Morgan fingerprint density at radius 3 is 2.87 bits per heavy atom. The molecule has 0 saturated carbocycles. The standard InChI is InChI=1S/C11H13ClFNS/c12-9-2-1-3-10(13)8(9)4-7-5-15-6-11(7)14/h1-3,7,11H,4-6,14H2. The van der Waals surface area contributed by atoms with Crippen LogP contribution in [0.4, 0.5) is 4.39 Å². The first kappa shape index (κ1) is 11.2. The van der Waals surface area contributed by atoms with Crippen LogP contribution in [-0.2, 0) is 6.42 Å². The molecule has 1 nitrogen and oxygen atoms in total. The number of rotatable bonds is 2. The molecule has 1 aromatic rings. The molecule has 0 bridgehead atoms. The third-order valence-electron chi connectivity index (χ3n) is 2.78. The van der Waals surface area contributed by atoms with Gasteiger partial charge in [0.2, 0.25) is 0 Å². The summed E-state index contributed by atoms with van der Waals surface area (Å²) in [4.78, 5) is 0. The van der Waals surface area contributed by atoms with Crippen LogP contribution in [0.3, 0.4) is 0 Å². The number of hydrogen-bond donors (Lipinski definition) is 1. The summed E-state index contributed by atoms with van der Waals surface area (Å²) in [6.07, 6.45) is 0.652. The van der Waals surface area contributed by atoms with Crippen molar-refractivity contribution < 1.29 is 4.39 Å². The zero-order valence-electron chi connectivity index (χ0n) is 8.25. The molecule has 1 aromatic carbocycles. The monoisotopic (exact) mass is 245 g/mol. The van der Waals surface area contributed by atoms with Crippen molar-refractivity contribution in [3.05, 3.63) is 34.6 Å². The second-order valence-corrected chi connectivity index (χ2v) is 5.35. The summed E-state index contributed by atoms with van der Waals surface area (Å²) >= 11 is 7.80. The summed E-state index contributed by atoms with van der Waals surface area (Å²) in [5, 5.41) is 0.513. The molecule has 2 unspecified atom stereocenters. The van der Waals surface area contributed by atoms with Gasteiger partial charge in [0.15, 0.2) is 0 Å². The molecule has 2 rings (SSSR count). The Balaban J connectivity index is 2.16. The van der Waals surface area contributed by atoms with Crippen molar-refractivity contribution in [1.82, 2.24) is 0 Å². The highest BCUT2D eigenvalue weighted by Crippen LogP contribution is 2.29. The van der Waals surface area contributed by atoms with Crippen LogP contribution in [0.25, 0.3) is 0 Å². The molecular weight excluding hydrogens is 233 g/mol. The van der Waals surface area contributed by atoms with Gasteiger partial charge < -0.3 is 5.73 Å². The molecule has 1 aliphatic heterocycles. The molecule has 1 aliphatic rings. The summed E-state index contributed by atoms with van der Waals surface area (Å²) in [6.45, 7) is 0. The topological polar surface area (TPSA) is 26.0 Å². The molecule has 15 heavy (non-hydrogen) atoms. The van der Waals surface area contributed by atoms with Gasteiger partial charge in [-0.15, -0.1) is 0 Å². The number of halogens is 2. The minimum absolute atomic E-state index is 0.172. The van der Waals surface area contributed by atoms with E-state index in [1.807, 2.05) is 11.8 Å². The summed E-state index contributed by atoms with van der Waals surface area (Å²) in [7, 11) is 0. The Hall–Kier alpha value is -0.250. The zero-order valence-corrected chi connectivity index (χ0v) is 9.82. The van der Waals surface area contributed by atoms with Crippen molar-refractivity contribution in [1.29, 1.82) is 0 Å². The smallest absolute Gasteiger partial charge is 0.127 e. The minimum atomic E-state index is -0.216. The third kappa shape index (κ3) is 2.47. The van der Waals surface area contributed by atoms with Crippen molar-refractivity contribution >= 4 is 23.4 Å². The van der Waals surface area contributed by atoms with E-state index in [1.54, 1.807) is 12.1 Å². The first-order valence-corrected chi connectivity index (χ1v) is 6.48. The van der Waals surface area contributed by atoms with Crippen molar-refractivity contribution in [3.63, 3.8) is 0 Å². The van der Waals surface area contributed by atoms with E-state index in [4.69, 9.17) is 17.3 Å². The molecule has 1 saturated heterocycles. The van der Waals surface area contributed by atoms with Gasteiger partial charge >= 0.3 is 0 Å². The second-order valence-electron chi connectivity index (χ2n) is 3.87. The van der Waals surface area contributed by atoms with Gasteiger partial charge in [-0.25, -0.2) is 4.39 Å². The molecule has 1 heterocycles. The number of thioether (sulfide) groups is 1. The highest BCUT2D eigenvalue weighted by atomic mass is 35.5. The number of hydrogen-bond acceptors (Lipinski definition) is 2. The molecule has 0 amide bonds. The Morgan fingerprint density at radius 1 is 1.47 bits per heavy atom. The lowest BCUT2D eigenvalue weighted by atomic mass is 9.95. The molecule has 4 heteroatoms. The van der Waals surface area contributed by atoms with Crippen molar-refractivity contribution in [2.45, 2.75) is 12.5 Å². The maximum atomic E-state index is 13.5.